The molecule has 0 atom stereocenters. The molecule has 1 fully saturated rings. The van der Waals surface area contributed by atoms with Gasteiger partial charge in [0.25, 0.3) is 0 Å². The second kappa shape index (κ2) is 16.4. The Morgan fingerprint density at radius 1 is 1.00 bits per heavy atom. The molecule has 1 aliphatic rings. The van der Waals surface area contributed by atoms with Crippen molar-refractivity contribution in [3.05, 3.63) is 35.9 Å². The first-order chi connectivity index (χ1) is 17.7. The van der Waals surface area contributed by atoms with E-state index < -0.39 is 11.7 Å². The number of hydrogen-bond donors (Lipinski definition) is 3. The molecular formula is C27H46N4O6. The summed E-state index contributed by atoms with van der Waals surface area (Å²) < 4.78 is 10.7. The van der Waals surface area contributed by atoms with Crippen molar-refractivity contribution in [2.24, 2.45) is 0 Å². The summed E-state index contributed by atoms with van der Waals surface area (Å²) in [6.45, 7) is 11.3. The highest BCUT2D eigenvalue weighted by molar-refractivity contribution is 5.68. The lowest BCUT2D eigenvalue weighted by Crippen LogP contribution is -2.49. The molecule has 0 bridgehead atoms. The third kappa shape index (κ3) is 12.6. The normalized spacial score (nSPS) is 14.7. The number of rotatable bonds is 14. The molecule has 210 valence electrons. The quantitative estimate of drug-likeness (QED) is 0.319. The lowest BCUT2D eigenvalue weighted by molar-refractivity contribution is 0.0512. The average Bonchev–Trinajstić information content (AvgIpc) is 2.87. The highest BCUT2D eigenvalue weighted by Crippen LogP contribution is 2.10. The highest BCUT2D eigenvalue weighted by atomic mass is 16.6. The summed E-state index contributed by atoms with van der Waals surface area (Å²) in [7, 11) is 0. The molecule has 2 amide bonds. The summed E-state index contributed by atoms with van der Waals surface area (Å²) in [5, 5.41) is 22.1. The number of nitrogens with one attached hydrogen (secondary N) is 1. The van der Waals surface area contributed by atoms with Crippen LogP contribution in [0.2, 0.25) is 0 Å². The average molecular weight is 523 g/mol. The molecule has 0 unspecified atom stereocenters. The van der Waals surface area contributed by atoms with E-state index in [4.69, 9.17) is 9.47 Å². The van der Waals surface area contributed by atoms with Gasteiger partial charge in [-0.25, -0.2) is 9.59 Å². The van der Waals surface area contributed by atoms with E-state index in [1.165, 1.54) is 0 Å². The van der Waals surface area contributed by atoms with Crippen molar-refractivity contribution in [3.8, 4) is 0 Å². The molecule has 1 aromatic carbocycles. The fourth-order valence-corrected chi connectivity index (χ4v) is 4.17. The number of hydrogen-bond acceptors (Lipinski definition) is 8. The van der Waals surface area contributed by atoms with E-state index in [2.05, 4.69) is 15.1 Å². The fraction of sp³-hybridized carbons (Fsp3) is 0.704. The van der Waals surface area contributed by atoms with Crippen LogP contribution in [-0.2, 0) is 16.1 Å². The summed E-state index contributed by atoms with van der Waals surface area (Å²) >= 11 is 0. The third-order valence-electron chi connectivity index (χ3n) is 6.23. The summed E-state index contributed by atoms with van der Waals surface area (Å²) in [6.07, 6.45) is 1.89. The minimum absolute atomic E-state index is 0.113. The Hall–Kier alpha value is -2.40. The Morgan fingerprint density at radius 2 is 1.65 bits per heavy atom. The van der Waals surface area contributed by atoms with Crippen molar-refractivity contribution in [2.45, 2.75) is 58.3 Å². The molecule has 0 saturated carbocycles. The zero-order valence-corrected chi connectivity index (χ0v) is 22.7. The van der Waals surface area contributed by atoms with Gasteiger partial charge in [-0.15, -0.1) is 0 Å². The summed E-state index contributed by atoms with van der Waals surface area (Å²) in [6, 6.07) is 9.36. The standard InChI is InChI=1S/C27H46N4O6/c1-27(2,3)37-25(34)28-12-9-15-30(24(20-32)21-33)14-8-7-13-29-16-18-31(19-17-29)26(35)36-22-23-10-5-4-6-11-23/h4-6,10-11,24,32-33H,7-9,12-22H2,1-3H3,(H,28,34). The minimum Gasteiger partial charge on any atom is -0.445 e. The van der Waals surface area contributed by atoms with Crippen molar-refractivity contribution >= 4 is 12.2 Å². The summed E-state index contributed by atoms with van der Waals surface area (Å²) in [5.41, 5.74) is 0.445. The maximum Gasteiger partial charge on any atom is 0.410 e. The van der Waals surface area contributed by atoms with Crippen LogP contribution in [-0.4, -0.2) is 114 Å². The van der Waals surface area contributed by atoms with Crippen LogP contribution in [0.15, 0.2) is 30.3 Å². The molecule has 3 N–H and O–H groups in total. The Kier molecular flexibility index (Phi) is 13.7. The largest absolute Gasteiger partial charge is 0.445 e. The maximum atomic E-state index is 12.3. The van der Waals surface area contributed by atoms with Crippen LogP contribution in [0, 0.1) is 0 Å². The van der Waals surface area contributed by atoms with Gasteiger partial charge in [0.2, 0.25) is 0 Å². The van der Waals surface area contributed by atoms with Gasteiger partial charge in [0.05, 0.1) is 19.3 Å². The van der Waals surface area contributed by atoms with Crippen molar-refractivity contribution in [1.82, 2.24) is 20.0 Å². The van der Waals surface area contributed by atoms with Crippen LogP contribution in [0.5, 0.6) is 0 Å². The fourth-order valence-electron chi connectivity index (χ4n) is 4.17. The minimum atomic E-state index is -0.534. The number of carbonyl (C=O) groups excluding carboxylic acids is 2. The SMILES string of the molecule is CC(C)(C)OC(=O)NCCCN(CCCCN1CCN(C(=O)OCc2ccccc2)CC1)C(CO)CO. The molecule has 10 nitrogen and oxygen atoms in total. The van der Waals surface area contributed by atoms with E-state index in [-0.39, 0.29) is 32.0 Å². The molecule has 37 heavy (non-hydrogen) atoms. The summed E-state index contributed by atoms with van der Waals surface area (Å²) in [5.74, 6) is 0. The number of piperazine rings is 1. The van der Waals surface area contributed by atoms with Gasteiger partial charge in [-0.3, -0.25) is 9.80 Å². The zero-order valence-electron chi connectivity index (χ0n) is 22.7. The van der Waals surface area contributed by atoms with Gasteiger partial charge >= 0.3 is 12.2 Å². The van der Waals surface area contributed by atoms with Gasteiger partial charge in [-0.2, -0.15) is 0 Å². The molecule has 0 radical (unpaired) electrons. The van der Waals surface area contributed by atoms with Gasteiger partial charge in [-0.05, 0) is 58.7 Å². The lowest BCUT2D eigenvalue weighted by Gasteiger charge is -2.34. The van der Waals surface area contributed by atoms with Crippen molar-refractivity contribution in [3.63, 3.8) is 0 Å². The first kappa shape index (κ1) is 30.8. The Morgan fingerprint density at radius 3 is 2.27 bits per heavy atom. The zero-order chi connectivity index (χ0) is 27.1. The maximum absolute atomic E-state index is 12.3. The predicted octanol–water partition coefficient (Wildman–Crippen LogP) is 2.29. The summed E-state index contributed by atoms with van der Waals surface area (Å²) in [4.78, 5) is 30.3. The molecule has 1 aliphatic heterocycles. The number of nitrogens with zero attached hydrogens (tertiary/aromatic N) is 3. The van der Waals surface area contributed by atoms with Gasteiger partial charge in [0, 0.05) is 39.3 Å². The predicted molar refractivity (Wildman–Crippen MR) is 142 cm³/mol. The van der Waals surface area contributed by atoms with Gasteiger partial charge in [-0.1, -0.05) is 30.3 Å². The van der Waals surface area contributed by atoms with E-state index in [9.17, 15) is 19.8 Å². The van der Waals surface area contributed by atoms with Crippen LogP contribution >= 0.6 is 0 Å². The van der Waals surface area contributed by atoms with E-state index in [1.54, 1.807) is 4.90 Å². The molecule has 2 rings (SSSR count). The number of alkyl carbamates (subject to hydrolysis) is 1. The third-order valence-corrected chi connectivity index (χ3v) is 6.23. The topological polar surface area (TPSA) is 115 Å². The first-order valence-corrected chi connectivity index (χ1v) is 13.3. The van der Waals surface area contributed by atoms with Crippen LogP contribution < -0.4 is 5.32 Å². The number of benzene rings is 1. The smallest absolute Gasteiger partial charge is 0.410 e. The van der Waals surface area contributed by atoms with Gasteiger partial charge in [0.1, 0.15) is 12.2 Å². The lowest BCUT2D eigenvalue weighted by atomic mass is 10.2. The highest BCUT2D eigenvalue weighted by Gasteiger charge is 2.22. The molecule has 1 heterocycles. The molecule has 10 heteroatoms. The number of aliphatic hydroxyl groups is 2. The van der Waals surface area contributed by atoms with Gasteiger partial charge in [0.15, 0.2) is 0 Å². The molecular weight excluding hydrogens is 476 g/mol. The van der Waals surface area contributed by atoms with Crippen LogP contribution in [0.1, 0.15) is 45.6 Å². The molecule has 0 aromatic heterocycles. The van der Waals surface area contributed by atoms with E-state index in [1.807, 2.05) is 51.1 Å². The van der Waals surface area contributed by atoms with Crippen molar-refractivity contribution in [1.29, 1.82) is 0 Å². The van der Waals surface area contributed by atoms with E-state index in [0.717, 1.165) is 44.6 Å². The monoisotopic (exact) mass is 522 g/mol. The molecule has 0 spiro atoms. The molecule has 1 aromatic rings. The number of aliphatic hydroxyl groups excluding tert-OH is 2. The Bertz CT molecular complexity index is 777. The van der Waals surface area contributed by atoms with Crippen molar-refractivity contribution < 1.29 is 29.3 Å². The second-order valence-corrected chi connectivity index (χ2v) is 10.4. The number of carbonyl (C=O) groups is 2. The van der Waals surface area contributed by atoms with Crippen LogP contribution in [0.4, 0.5) is 9.59 Å². The van der Waals surface area contributed by atoms with Crippen molar-refractivity contribution in [2.75, 3.05) is 65.6 Å². The number of amides is 2. The molecule has 0 aliphatic carbocycles. The first-order valence-electron chi connectivity index (χ1n) is 13.3. The van der Waals surface area contributed by atoms with Crippen LogP contribution in [0.3, 0.4) is 0 Å². The van der Waals surface area contributed by atoms with E-state index >= 15 is 0 Å². The second-order valence-electron chi connectivity index (χ2n) is 10.4. The van der Waals surface area contributed by atoms with E-state index in [0.29, 0.717) is 32.6 Å². The van der Waals surface area contributed by atoms with Crippen LogP contribution in [0.25, 0.3) is 0 Å². The number of unbranched alkanes of at least 4 members (excludes halogenated alkanes) is 1. The van der Waals surface area contributed by atoms with Gasteiger partial charge < -0.3 is 29.9 Å². The number of ether oxygens (including phenoxy) is 2. The molecule has 1 saturated heterocycles. The Balaban J connectivity index is 1.62. The Labute approximate surface area is 221 Å².